The van der Waals surface area contributed by atoms with Crippen LogP contribution in [-0.2, 0) is 4.74 Å². The Kier molecular flexibility index (Phi) is 7.10. The van der Waals surface area contributed by atoms with Gasteiger partial charge in [-0.2, -0.15) is 13.2 Å². The summed E-state index contributed by atoms with van der Waals surface area (Å²) in [7, 11) is 0. The van der Waals surface area contributed by atoms with Crippen molar-refractivity contribution >= 4 is 0 Å². The van der Waals surface area contributed by atoms with E-state index in [9.17, 15) is 13.2 Å². The van der Waals surface area contributed by atoms with Crippen LogP contribution in [0.4, 0.5) is 13.2 Å². The van der Waals surface area contributed by atoms with Crippen LogP contribution in [0.2, 0.25) is 0 Å². The number of ether oxygens (including phenoxy) is 1. The summed E-state index contributed by atoms with van der Waals surface area (Å²) in [6.45, 7) is 6.83. The minimum atomic E-state index is -4.23. The number of halogens is 3. The molecule has 0 aromatic rings. The Balaban J connectivity index is 2.15. The molecule has 1 aliphatic rings. The summed E-state index contributed by atoms with van der Waals surface area (Å²) in [4.78, 5) is 1.97. The van der Waals surface area contributed by atoms with E-state index < -0.39 is 12.8 Å². The largest absolute Gasteiger partial charge is 0.411 e. The Morgan fingerprint density at radius 3 is 2.74 bits per heavy atom. The molecule has 6 heteroatoms. The van der Waals surface area contributed by atoms with Crippen LogP contribution in [0.3, 0.4) is 0 Å². The molecule has 0 aromatic carbocycles. The molecule has 1 fully saturated rings. The van der Waals surface area contributed by atoms with Crippen LogP contribution in [0.5, 0.6) is 0 Å². The molecular formula is C13H25F3N2O. The van der Waals surface area contributed by atoms with Crippen LogP contribution in [0.1, 0.15) is 26.7 Å². The maximum absolute atomic E-state index is 12.0. The summed E-state index contributed by atoms with van der Waals surface area (Å²) in [6.07, 6.45) is -2.06. The number of rotatable bonds is 7. The summed E-state index contributed by atoms with van der Waals surface area (Å²) < 4.78 is 40.6. The Bertz CT molecular complexity index is 247. The molecule has 3 nitrogen and oxygen atoms in total. The summed E-state index contributed by atoms with van der Waals surface area (Å²) in [5.74, 6) is 1.14. The monoisotopic (exact) mass is 282 g/mol. The van der Waals surface area contributed by atoms with Crippen molar-refractivity contribution in [3.05, 3.63) is 0 Å². The van der Waals surface area contributed by atoms with Gasteiger partial charge in [0.2, 0.25) is 0 Å². The minimum Gasteiger partial charge on any atom is -0.357 e. The summed E-state index contributed by atoms with van der Waals surface area (Å²) >= 11 is 0. The van der Waals surface area contributed by atoms with Crippen LogP contribution >= 0.6 is 0 Å². The van der Waals surface area contributed by atoms with E-state index in [-0.39, 0.29) is 6.73 Å². The zero-order valence-electron chi connectivity index (χ0n) is 11.8. The van der Waals surface area contributed by atoms with E-state index >= 15 is 0 Å². The lowest BCUT2D eigenvalue weighted by Crippen LogP contribution is -2.41. The maximum atomic E-state index is 12.0. The first-order chi connectivity index (χ1) is 8.87. The van der Waals surface area contributed by atoms with Gasteiger partial charge in [0.25, 0.3) is 0 Å². The highest BCUT2D eigenvalue weighted by molar-refractivity contribution is 4.73. The number of nitrogens with zero attached hydrogens (tertiary/aromatic N) is 1. The second-order valence-electron chi connectivity index (χ2n) is 5.73. The Morgan fingerprint density at radius 2 is 2.11 bits per heavy atom. The predicted molar refractivity (Wildman–Crippen MR) is 68.9 cm³/mol. The fraction of sp³-hybridized carbons (Fsp3) is 1.00. The van der Waals surface area contributed by atoms with Gasteiger partial charge in [0.15, 0.2) is 0 Å². The van der Waals surface area contributed by atoms with Crippen LogP contribution in [-0.4, -0.2) is 50.6 Å². The highest BCUT2D eigenvalue weighted by Crippen LogP contribution is 2.18. The fourth-order valence-electron chi connectivity index (χ4n) is 2.30. The standard InChI is InChI=1S/C13H25F3N2O/c1-11(2)6-17-7-12-4-3-5-18(8-12)10-19-9-13(14,15)16/h11-12,17H,3-10H2,1-2H3. The van der Waals surface area contributed by atoms with Crippen LogP contribution in [0, 0.1) is 11.8 Å². The fourth-order valence-corrected chi connectivity index (χ4v) is 2.30. The lowest BCUT2D eigenvalue weighted by Gasteiger charge is -2.32. The highest BCUT2D eigenvalue weighted by Gasteiger charge is 2.28. The first-order valence-corrected chi connectivity index (χ1v) is 6.94. The third-order valence-corrected chi connectivity index (χ3v) is 3.13. The number of alkyl halides is 3. The van der Waals surface area contributed by atoms with Crippen molar-refractivity contribution < 1.29 is 17.9 Å². The molecule has 0 amide bonds. The van der Waals surface area contributed by atoms with Crippen molar-refractivity contribution in [1.29, 1.82) is 0 Å². The van der Waals surface area contributed by atoms with Gasteiger partial charge >= 0.3 is 6.18 Å². The summed E-state index contributed by atoms with van der Waals surface area (Å²) in [5, 5.41) is 3.41. The van der Waals surface area contributed by atoms with Gasteiger partial charge in [-0.25, -0.2) is 0 Å². The number of nitrogens with one attached hydrogen (secondary N) is 1. The molecule has 1 aliphatic heterocycles. The smallest absolute Gasteiger partial charge is 0.357 e. The van der Waals surface area contributed by atoms with E-state index in [1.165, 1.54) is 0 Å². The number of hydrogen-bond acceptors (Lipinski definition) is 3. The van der Waals surface area contributed by atoms with Crippen LogP contribution in [0.25, 0.3) is 0 Å². The van der Waals surface area contributed by atoms with Gasteiger partial charge in [-0.05, 0) is 37.8 Å². The third kappa shape index (κ3) is 8.44. The Morgan fingerprint density at radius 1 is 1.37 bits per heavy atom. The van der Waals surface area contributed by atoms with Crippen molar-refractivity contribution in [2.24, 2.45) is 11.8 Å². The lowest BCUT2D eigenvalue weighted by molar-refractivity contribution is -0.184. The van der Waals surface area contributed by atoms with Gasteiger partial charge in [0, 0.05) is 13.1 Å². The first-order valence-electron chi connectivity index (χ1n) is 6.94. The van der Waals surface area contributed by atoms with E-state index in [1.54, 1.807) is 0 Å². The average Bonchev–Trinajstić information content (AvgIpc) is 2.27. The Hall–Kier alpha value is -0.330. The van der Waals surface area contributed by atoms with Crippen LogP contribution in [0.15, 0.2) is 0 Å². The van der Waals surface area contributed by atoms with Crippen molar-refractivity contribution in [3.63, 3.8) is 0 Å². The molecule has 19 heavy (non-hydrogen) atoms. The highest BCUT2D eigenvalue weighted by atomic mass is 19.4. The molecule has 0 radical (unpaired) electrons. The molecule has 1 saturated heterocycles. The van der Waals surface area contributed by atoms with Gasteiger partial charge in [-0.15, -0.1) is 0 Å². The second-order valence-corrected chi connectivity index (χ2v) is 5.73. The Labute approximate surface area is 113 Å². The van der Waals surface area contributed by atoms with Gasteiger partial charge < -0.3 is 10.1 Å². The molecule has 1 atom stereocenters. The number of hydrogen-bond donors (Lipinski definition) is 1. The normalized spacial score (nSPS) is 22.1. The molecule has 1 unspecified atom stereocenters. The predicted octanol–water partition coefficient (Wildman–Crippen LogP) is 2.48. The van der Waals surface area contributed by atoms with E-state index in [4.69, 9.17) is 4.74 Å². The molecule has 1 heterocycles. The molecule has 0 aromatic heterocycles. The minimum absolute atomic E-state index is 0.0835. The lowest BCUT2D eigenvalue weighted by atomic mass is 9.98. The quantitative estimate of drug-likeness (QED) is 0.776. The third-order valence-electron chi connectivity index (χ3n) is 3.13. The topological polar surface area (TPSA) is 24.5 Å². The molecule has 114 valence electrons. The molecular weight excluding hydrogens is 257 g/mol. The molecule has 0 saturated carbocycles. The van der Waals surface area contributed by atoms with E-state index in [1.807, 2.05) is 4.90 Å². The summed E-state index contributed by atoms with van der Waals surface area (Å²) in [5.41, 5.74) is 0. The van der Waals surface area contributed by atoms with E-state index in [0.29, 0.717) is 11.8 Å². The molecule has 1 N–H and O–H groups in total. The van der Waals surface area contributed by atoms with E-state index in [2.05, 4.69) is 19.2 Å². The molecule has 0 aliphatic carbocycles. The SMILES string of the molecule is CC(C)CNCC1CCCN(COCC(F)(F)F)C1. The summed E-state index contributed by atoms with van der Waals surface area (Å²) in [6, 6.07) is 0. The maximum Gasteiger partial charge on any atom is 0.411 e. The number of piperidine rings is 1. The van der Waals surface area contributed by atoms with Gasteiger partial charge in [0.05, 0.1) is 6.73 Å². The molecule has 0 bridgehead atoms. The molecule has 1 rings (SSSR count). The molecule has 0 spiro atoms. The van der Waals surface area contributed by atoms with Gasteiger partial charge in [0.1, 0.15) is 6.61 Å². The second kappa shape index (κ2) is 8.07. The van der Waals surface area contributed by atoms with Crippen LogP contribution < -0.4 is 5.32 Å². The average molecular weight is 282 g/mol. The number of likely N-dealkylation sites (tertiary alicyclic amines) is 1. The zero-order chi connectivity index (χ0) is 14.3. The first kappa shape index (κ1) is 16.7. The van der Waals surface area contributed by atoms with Gasteiger partial charge in [-0.1, -0.05) is 13.8 Å². The van der Waals surface area contributed by atoms with Crippen molar-refractivity contribution in [2.75, 3.05) is 39.5 Å². The zero-order valence-corrected chi connectivity index (χ0v) is 11.8. The van der Waals surface area contributed by atoms with Gasteiger partial charge in [-0.3, -0.25) is 4.90 Å². The van der Waals surface area contributed by atoms with Crippen molar-refractivity contribution in [3.8, 4) is 0 Å². The van der Waals surface area contributed by atoms with Crippen molar-refractivity contribution in [1.82, 2.24) is 10.2 Å². The van der Waals surface area contributed by atoms with E-state index in [0.717, 1.165) is 39.0 Å². The van der Waals surface area contributed by atoms with Crippen molar-refractivity contribution in [2.45, 2.75) is 32.9 Å².